The van der Waals surface area contributed by atoms with Crippen molar-refractivity contribution in [1.82, 2.24) is 19.7 Å². The van der Waals surface area contributed by atoms with Gasteiger partial charge in [-0.2, -0.15) is 0 Å². The van der Waals surface area contributed by atoms with Crippen molar-refractivity contribution in [1.29, 1.82) is 0 Å². The van der Waals surface area contributed by atoms with Gasteiger partial charge in [0.2, 0.25) is 0 Å². The van der Waals surface area contributed by atoms with Gasteiger partial charge in [0.05, 0.1) is 18.6 Å². The molecule has 0 saturated heterocycles. The summed E-state index contributed by atoms with van der Waals surface area (Å²) in [4.78, 5) is 17.0. The van der Waals surface area contributed by atoms with Gasteiger partial charge < -0.3 is 4.74 Å². The molecule has 4 aromatic rings. The van der Waals surface area contributed by atoms with E-state index >= 15 is 0 Å². The molecule has 8 heteroatoms. The Morgan fingerprint density at radius 3 is 2.47 bits per heavy atom. The van der Waals surface area contributed by atoms with E-state index in [1.54, 1.807) is 37.6 Å². The Morgan fingerprint density at radius 1 is 1.03 bits per heavy atom. The van der Waals surface area contributed by atoms with Crippen LogP contribution in [0.25, 0.3) is 17.2 Å². The van der Waals surface area contributed by atoms with Gasteiger partial charge in [-0.05, 0) is 60.7 Å². The summed E-state index contributed by atoms with van der Waals surface area (Å²) in [5, 5.41) is 9.86. The highest BCUT2D eigenvalue weighted by Gasteiger charge is 2.18. The molecule has 2 heterocycles. The number of halogens is 1. The number of aromatic nitrogens is 4. The second kappa shape index (κ2) is 9.11. The summed E-state index contributed by atoms with van der Waals surface area (Å²) < 4.78 is 7.15. The molecule has 0 unspecified atom stereocenters. The number of ketones is 1. The van der Waals surface area contributed by atoms with E-state index in [4.69, 9.17) is 16.3 Å². The average Bonchev–Trinajstić information content (AvgIpc) is 3.22. The first-order chi connectivity index (χ1) is 14.7. The van der Waals surface area contributed by atoms with Crippen LogP contribution < -0.4 is 4.74 Å². The van der Waals surface area contributed by atoms with E-state index in [-0.39, 0.29) is 11.5 Å². The lowest BCUT2D eigenvalue weighted by Gasteiger charge is -2.10. The Labute approximate surface area is 182 Å². The van der Waals surface area contributed by atoms with E-state index in [2.05, 4.69) is 15.2 Å². The highest BCUT2D eigenvalue weighted by molar-refractivity contribution is 7.99. The van der Waals surface area contributed by atoms with Crippen LogP contribution in [0.5, 0.6) is 5.75 Å². The van der Waals surface area contributed by atoms with Gasteiger partial charge in [-0.1, -0.05) is 29.4 Å². The normalized spacial score (nSPS) is 10.7. The predicted molar refractivity (Wildman–Crippen MR) is 118 cm³/mol. The Hall–Kier alpha value is -3.16. The van der Waals surface area contributed by atoms with Crippen LogP contribution in [0.2, 0.25) is 5.02 Å². The number of benzene rings is 2. The van der Waals surface area contributed by atoms with Crippen LogP contribution in [-0.2, 0) is 0 Å². The second-order valence-electron chi connectivity index (χ2n) is 6.27. The Bertz CT molecular complexity index is 1150. The summed E-state index contributed by atoms with van der Waals surface area (Å²) >= 11 is 7.23. The molecule has 0 fully saturated rings. The molecule has 0 aliphatic rings. The minimum atomic E-state index is -0.0136. The summed E-state index contributed by atoms with van der Waals surface area (Å²) in [7, 11) is 1.62. The van der Waals surface area contributed by atoms with Crippen molar-refractivity contribution >= 4 is 29.1 Å². The van der Waals surface area contributed by atoms with Crippen molar-refractivity contribution < 1.29 is 9.53 Å². The number of thioether (sulfide) groups is 1. The number of ether oxygens (including phenoxy) is 1. The Balaban J connectivity index is 1.66. The summed E-state index contributed by atoms with van der Waals surface area (Å²) in [5.41, 5.74) is 2.15. The Morgan fingerprint density at radius 2 is 1.80 bits per heavy atom. The third-order valence-corrected chi connectivity index (χ3v) is 5.54. The minimum Gasteiger partial charge on any atom is -0.497 e. The molecule has 4 rings (SSSR count). The van der Waals surface area contributed by atoms with Crippen LogP contribution in [-0.4, -0.2) is 38.4 Å². The molecule has 0 spiro atoms. The number of carbonyl (C=O) groups is 1. The fourth-order valence-electron chi connectivity index (χ4n) is 2.84. The monoisotopic (exact) mass is 436 g/mol. The zero-order valence-corrected chi connectivity index (χ0v) is 17.6. The molecule has 0 radical (unpaired) electrons. The number of Topliss-reactive ketones (excluding diaryl/α,β-unsaturated/α-hetero) is 1. The highest BCUT2D eigenvalue weighted by Crippen LogP contribution is 2.28. The van der Waals surface area contributed by atoms with Gasteiger partial charge in [0.1, 0.15) is 11.4 Å². The van der Waals surface area contributed by atoms with Crippen LogP contribution in [0.3, 0.4) is 0 Å². The van der Waals surface area contributed by atoms with Crippen molar-refractivity contribution in [3.05, 3.63) is 83.5 Å². The quantitative estimate of drug-likeness (QED) is 0.301. The zero-order chi connectivity index (χ0) is 20.9. The number of pyridine rings is 1. The first-order valence-corrected chi connectivity index (χ1v) is 10.4. The molecule has 0 aliphatic carbocycles. The SMILES string of the molecule is COc1ccc(-n2c(SCC(=O)c3ccc(Cl)cc3)nnc2-c2ccccn2)cc1. The first-order valence-electron chi connectivity index (χ1n) is 9.08. The summed E-state index contributed by atoms with van der Waals surface area (Å²) in [5.74, 6) is 1.55. The number of methoxy groups -OCH3 is 1. The maximum absolute atomic E-state index is 12.6. The molecule has 0 aliphatic heterocycles. The van der Waals surface area contributed by atoms with Crippen LogP contribution >= 0.6 is 23.4 Å². The minimum absolute atomic E-state index is 0.0136. The van der Waals surface area contributed by atoms with Crippen LogP contribution in [0.15, 0.2) is 78.1 Å². The van der Waals surface area contributed by atoms with Gasteiger partial charge in [-0.15, -0.1) is 10.2 Å². The number of nitrogens with zero attached hydrogens (tertiary/aromatic N) is 4. The lowest BCUT2D eigenvalue weighted by Crippen LogP contribution is -2.05. The number of hydrogen-bond acceptors (Lipinski definition) is 6. The topological polar surface area (TPSA) is 69.9 Å². The molecule has 0 atom stereocenters. The second-order valence-corrected chi connectivity index (χ2v) is 7.65. The van der Waals surface area contributed by atoms with Crippen LogP contribution in [0.1, 0.15) is 10.4 Å². The fraction of sp³-hybridized carbons (Fsp3) is 0.0909. The largest absolute Gasteiger partial charge is 0.497 e. The van der Waals surface area contributed by atoms with Gasteiger partial charge in [-0.3, -0.25) is 14.3 Å². The highest BCUT2D eigenvalue weighted by atomic mass is 35.5. The first kappa shape index (κ1) is 20.1. The van der Waals surface area contributed by atoms with Crippen molar-refractivity contribution in [2.45, 2.75) is 5.16 Å². The molecular weight excluding hydrogens is 420 g/mol. The molecule has 150 valence electrons. The number of carbonyl (C=O) groups excluding carboxylic acids is 1. The van der Waals surface area contributed by atoms with E-state index in [0.29, 0.717) is 27.3 Å². The lowest BCUT2D eigenvalue weighted by atomic mass is 10.1. The van der Waals surface area contributed by atoms with E-state index in [1.807, 2.05) is 47.0 Å². The van der Waals surface area contributed by atoms with Gasteiger partial charge in [-0.25, -0.2) is 0 Å². The molecular formula is C22H17ClN4O2S. The van der Waals surface area contributed by atoms with E-state index in [1.165, 1.54) is 11.8 Å². The van der Waals surface area contributed by atoms with Crippen LogP contribution in [0, 0.1) is 0 Å². The Kier molecular flexibility index (Phi) is 6.11. The smallest absolute Gasteiger partial charge is 0.196 e. The van der Waals surface area contributed by atoms with Gasteiger partial charge in [0.15, 0.2) is 16.8 Å². The zero-order valence-electron chi connectivity index (χ0n) is 16.0. The van der Waals surface area contributed by atoms with Crippen LogP contribution in [0.4, 0.5) is 0 Å². The summed E-state index contributed by atoms with van der Waals surface area (Å²) in [6, 6.07) is 20.0. The summed E-state index contributed by atoms with van der Waals surface area (Å²) in [6.07, 6.45) is 1.71. The molecule has 2 aromatic carbocycles. The number of hydrogen-bond donors (Lipinski definition) is 0. The summed E-state index contributed by atoms with van der Waals surface area (Å²) in [6.45, 7) is 0. The van der Waals surface area contributed by atoms with E-state index in [9.17, 15) is 4.79 Å². The van der Waals surface area contributed by atoms with Crippen molar-refractivity contribution in [2.24, 2.45) is 0 Å². The van der Waals surface area contributed by atoms with Gasteiger partial charge in [0, 0.05) is 16.8 Å². The third-order valence-electron chi connectivity index (χ3n) is 4.36. The molecule has 0 bridgehead atoms. The standard InChI is InChI=1S/C22H17ClN4O2S/c1-29-18-11-9-17(10-12-18)27-21(19-4-2-3-13-24-19)25-26-22(27)30-14-20(28)15-5-7-16(23)8-6-15/h2-13H,14H2,1H3. The number of rotatable bonds is 7. The molecule has 0 amide bonds. The lowest BCUT2D eigenvalue weighted by molar-refractivity contribution is 0.102. The van der Waals surface area contributed by atoms with E-state index in [0.717, 1.165) is 11.4 Å². The van der Waals surface area contributed by atoms with Gasteiger partial charge >= 0.3 is 0 Å². The molecule has 30 heavy (non-hydrogen) atoms. The molecule has 0 saturated carbocycles. The van der Waals surface area contributed by atoms with Crippen molar-refractivity contribution in [2.75, 3.05) is 12.9 Å². The molecule has 6 nitrogen and oxygen atoms in total. The third kappa shape index (κ3) is 4.37. The fourth-order valence-corrected chi connectivity index (χ4v) is 3.81. The van der Waals surface area contributed by atoms with Crippen molar-refractivity contribution in [3.8, 4) is 23.0 Å². The maximum atomic E-state index is 12.6. The molecule has 0 N–H and O–H groups in total. The van der Waals surface area contributed by atoms with Gasteiger partial charge in [0.25, 0.3) is 0 Å². The van der Waals surface area contributed by atoms with Crippen molar-refractivity contribution in [3.63, 3.8) is 0 Å². The predicted octanol–water partition coefficient (Wildman–Crippen LogP) is 4.97. The van der Waals surface area contributed by atoms with E-state index < -0.39 is 0 Å². The maximum Gasteiger partial charge on any atom is 0.196 e. The molecule has 2 aromatic heterocycles. The average molecular weight is 437 g/mol.